The van der Waals surface area contributed by atoms with Gasteiger partial charge in [-0.05, 0) is 72.7 Å². The van der Waals surface area contributed by atoms with Crippen LogP contribution in [0, 0.1) is 6.92 Å². The van der Waals surface area contributed by atoms with Gasteiger partial charge in [0.1, 0.15) is 10.6 Å². The summed E-state index contributed by atoms with van der Waals surface area (Å²) in [5, 5.41) is 4.93. The van der Waals surface area contributed by atoms with E-state index in [4.69, 9.17) is 10.5 Å². The van der Waals surface area contributed by atoms with Crippen LogP contribution in [-0.2, 0) is 27.7 Å². The number of hydrogen-bond donors (Lipinski definition) is 3. The van der Waals surface area contributed by atoms with Crippen molar-refractivity contribution in [2.75, 3.05) is 24.1 Å². The Morgan fingerprint density at radius 3 is 2.62 bits per heavy atom. The predicted molar refractivity (Wildman–Crippen MR) is 129 cm³/mol. The number of methoxy groups -OCH3 is 1. The number of aryl methyl sites for hydroxylation is 2. The number of carbonyl (C=O) groups is 1. The van der Waals surface area contributed by atoms with Crippen molar-refractivity contribution in [3.8, 4) is 5.75 Å². The van der Waals surface area contributed by atoms with Crippen molar-refractivity contribution in [1.29, 1.82) is 0 Å². The maximum atomic E-state index is 12.9. The van der Waals surface area contributed by atoms with Crippen molar-refractivity contribution in [3.05, 3.63) is 69.9 Å². The molecule has 4 N–H and O–H groups in total. The van der Waals surface area contributed by atoms with Gasteiger partial charge in [-0.3, -0.25) is 9.52 Å². The zero-order valence-corrected chi connectivity index (χ0v) is 19.7. The molecule has 0 aliphatic carbocycles. The first-order valence-corrected chi connectivity index (χ1v) is 12.5. The largest absolute Gasteiger partial charge is 0.495 e. The Bertz CT molecular complexity index is 1180. The Labute approximate surface area is 192 Å². The van der Waals surface area contributed by atoms with E-state index in [0.717, 1.165) is 12.0 Å². The summed E-state index contributed by atoms with van der Waals surface area (Å²) in [4.78, 5) is 13.4. The lowest BCUT2D eigenvalue weighted by Gasteiger charge is -2.14. The van der Waals surface area contributed by atoms with E-state index in [0.29, 0.717) is 36.3 Å². The van der Waals surface area contributed by atoms with E-state index < -0.39 is 10.0 Å². The van der Waals surface area contributed by atoms with E-state index >= 15 is 0 Å². The van der Waals surface area contributed by atoms with E-state index in [1.165, 1.54) is 18.1 Å². The average Bonchev–Trinajstić information content (AvgIpc) is 3.27. The Kier molecular flexibility index (Phi) is 7.76. The molecule has 1 amide bonds. The maximum Gasteiger partial charge on any atom is 0.265 e. The van der Waals surface area contributed by atoms with Crippen molar-refractivity contribution in [1.82, 2.24) is 5.32 Å². The van der Waals surface area contributed by atoms with Crippen LogP contribution in [0.1, 0.15) is 22.4 Å². The van der Waals surface area contributed by atoms with Gasteiger partial charge in [-0.15, -0.1) is 11.3 Å². The summed E-state index contributed by atoms with van der Waals surface area (Å²) >= 11 is 1.67. The predicted octanol–water partition coefficient (Wildman–Crippen LogP) is 3.74. The third kappa shape index (κ3) is 6.24. The monoisotopic (exact) mass is 473 g/mol. The van der Waals surface area contributed by atoms with Gasteiger partial charge in [0, 0.05) is 23.5 Å². The fourth-order valence-corrected chi connectivity index (χ4v) is 5.21. The minimum atomic E-state index is -3.87. The molecule has 0 unspecified atom stereocenters. The molecular weight excluding hydrogens is 446 g/mol. The van der Waals surface area contributed by atoms with Crippen molar-refractivity contribution < 1.29 is 17.9 Å². The molecule has 0 aliphatic heterocycles. The third-order valence-corrected chi connectivity index (χ3v) is 7.27. The Balaban J connectivity index is 1.62. The highest BCUT2D eigenvalue weighted by atomic mass is 32.2. The smallest absolute Gasteiger partial charge is 0.265 e. The second-order valence-electron chi connectivity index (χ2n) is 7.34. The molecule has 0 saturated carbocycles. The summed E-state index contributed by atoms with van der Waals surface area (Å²) in [7, 11) is -2.45. The minimum absolute atomic E-state index is 0.0281. The van der Waals surface area contributed by atoms with Crippen LogP contribution in [-0.4, -0.2) is 28.0 Å². The number of carbonyl (C=O) groups excluding carboxylic acids is 1. The zero-order valence-electron chi connectivity index (χ0n) is 18.1. The second kappa shape index (κ2) is 10.5. The SMILES string of the molecule is COc1cc(CCC(=O)NCCc2cccs2)ccc1S(=O)(=O)Nc1ccc(N)cc1C. The number of sulfonamides is 1. The van der Waals surface area contributed by atoms with Gasteiger partial charge in [-0.2, -0.15) is 0 Å². The van der Waals surface area contributed by atoms with Gasteiger partial charge >= 0.3 is 0 Å². The van der Waals surface area contributed by atoms with Crippen LogP contribution in [0.2, 0.25) is 0 Å². The Hall–Kier alpha value is -3.04. The van der Waals surface area contributed by atoms with Gasteiger partial charge in [-0.25, -0.2) is 8.42 Å². The fraction of sp³-hybridized carbons (Fsp3) is 0.261. The molecule has 0 fully saturated rings. The van der Waals surface area contributed by atoms with Crippen LogP contribution >= 0.6 is 11.3 Å². The second-order valence-corrected chi connectivity index (χ2v) is 10.0. The molecule has 0 aliphatic rings. The molecule has 3 aromatic rings. The number of rotatable bonds is 10. The van der Waals surface area contributed by atoms with Crippen molar-refractivity contribution in [2.24, 2.45) is 0 Å². The quantitative estimate of drug-likeness (QED) is 0.389. The van der Waals surface area contributed by atoms with Crippen molar-refractivity contribution >= 4 is 38.6 Å². The topological polar surface area (TPSA) is 111 Å². The lowest BCUT2D eigenvalue weighted by molar-refractivity contribution is -0.121. The highest BCUT2D eigenvalue weighted by Crippen LogP contribution is 2.29. The molecule has 0 atom stereocenters. The first kappa shape index (κ1) is 23.6. The number of nitrogens with two attached hydrogens (primary N) is 1. The first-order valence-electron chi connectivity index (χ1n) is 10.1. The fourth-order valence-electron chi connectivity index (χ4n) is 3.22. The molecule has 0 saturated heterocycles. The summed E-state index contributed by atoms with van der Waals surface area (Å²) in [6, 6.07) is 13.8. The number of amides is 1. The van der Waals surface area contributed by atoms with Gasteiger partial charge in [0.2, 0.25) is 5.91 Å². The molecule has 0 bridgehead atoms. The van der Waals surface area contributed by atoms with Crippen LogP contribution in [0.3, 0.4) is 0 Å². The van der Waals surface area contributed by atoms with E-state index in [1.54, 1.807) is 48.6 Å². The molecule has 0 radical (unpaired) electrons. The number of benzene rings is 2. The Morgan fingerprint density at radius 2 is 1.94 bits per heavy atom. The number of thiophene rings is 1. The van der Waals surface area contributed by atoms with Gasteiger partial charge in [0.25, 0.3) is 10.0 Å². The third-order valence-electron chi connectivity index (χ3n) is 4.93. The molecule has 3 rings (SSSR count). The molecular formula is C23H27N3O4S2. The Morgan fingerprint density at radius 1 is 1.12 bits per heavy atom. The minimum Gasteiger partial charge on any atom is -0.495 e. The summed E-state index contributed by atoms with van der Waals surface area (Å²) in [5.74, 6) is 0.180. The standard InChI is InChI=1S/C23H27N3O4S2/c1-16-14-18(24)7-8-20(16)26-32(28,29)22-9-5-17(15-21(22)30-2)6-10-23(27)25-12-11-19-4-3-13-31-19/h3-5,7-9,13-15,26H,6,10-12,24H2,1-2H3,(H,25,27). The van der Waals surface area contributed by atoms with Gasteiger partial charge < -0.3 is 15.8 Å². The van der Waals surface area contributed by atoms with Crippen molar-refractivity contribution in [2.45, 2.75) is 31.1 Å². The van der Waals surface area contributed by atoms with Crippen LogP contribution in [0.15, 0.2) is 58.8 Å². The molecule has 32 heavy (non-hydrogen) atoms. The zero-order chi connectivity index (χ0) is 23.1. The first-order chi connectivity index (χ1) is 15.3. The number of nitrogens with one attached hydrogen (secondary N) is 2. The number of anilines is 2. The van der Waals surface area contributed by atoms with E-state index in [1.807, 2.05) is 17.5 Å². The van der Waals surface area contributed by atoms with E-state index in [-0.39, 0.29) is 16.6 Å². The van der Waals surface area contributed by atoms with Crippen molar-refractivity contribution in [3.63, 3.8) is 0 Å². The lowest BCUT2D eigenvalue weighted by atomic mass is 10.1. The highest BCUT2D eigenvalue weighted by molar-refractivity contribution is 7.92. The molecule has 9 heteroatoms. The molecule has 0 spiro atoms. The summed E-state index contributed by atoms with van der Waals surface area (Å²) < 4.78 is 33.8. The molecule has 2 aromatic carbocycles. The number of nitrogen functional groups attached to an aromatic ring is 1. The summed E-state index contributed by atoms with van der Waals surface area (Å²) in [6.07, 6.45) is 1.60. The summed E-state index contributed by atoms with van der Waals surface area (Å²) in [5.41, 5.74) is 8.28. The van der Waals surface area contributed by atoms with Gasteiger partial charge in [0.15, 0.2) is 0 Å². The van der Waals surface area contributed by atoms with Crippen LogP contribution in [0.5, 0.6) is 5.75 Å². The number of hydrogen-bond acceptors (Lipinski definition) is 6. The van der Waals surface area contributed by atoms with Crippen LogP contribution in [0.25, 0.3) is 0 Å². The van der Waals surface area contributed by atoms with E-state index in [2.05, 4.69) is 10.0 Å². The normalized spacial score (nSPS) is 11.2. The molecule has 170 valence electrons. The summed E-state index contributed by atoms with van der Waals surface area (Å²) in [6.45, 7) is 2.37. The maximum absolute atomic E-state index is 12.9. The average molecular weight is 474 g/mol. The molecule has 1 heterocycles. The number of ether oxygens (including phenoxy) is 1. The van der Waals surface area contributed by atoms with E-state index in [9.17, 15) is 13.2 Å². The van der Waals surface area contributed by atoms with Gasteiger partial charge in [0.05, 0.1) is 12.8 Å². The van der Waals surface area contributed by atoms with Crippen LogP contribution < -0.4 is 20.5 Å². The highest BCUT2D eigenvalue weighted by Gasteiger charge is 2.21. The van der Waals surface area contributed by atoms with Crippen LogP contribution in [0.4, 0.5) is 11.4 Å². The molecule has 7 nitrogen and oxygen atoms in total. The molecule has 1 aromatic heterocycles. The lowest BCUT2D eigenvalue weighted by Crippen LogP contribution is -2.25. The van der Waals surface area contributed by atoms with Gasteiger partial charge in [-0.1, -0.05) is 12.1 Å².